The van der Waals surface area contributed by atoms with Crippen molar-refractivity contribution in [3.63, 3.8) is 0 Å². The third-order valence-electron chi connectivity index (χ3n) is 4.26. The Morgan fingerprint density at radius 1 is 1.27 bits per heavy atom. The number of halogens is 1. The van der Waals surface area contributed by atoms with E-state index < -0.39 is 26.8 Å². The molecule has 22 heavy (non-hydrogen) atoms. The van der Waals surface area contributed by atoms with E-state index in [0.29, 0.717) is 5.92 Å². The van der Waals surface area contributed by atoms with E-state index in [0.717, 1.165) is 37.8 Å². The highest BCUT2D eigenvalue weighted by atomic mass is 32.2. The fourth-order valence-corrected chi connectivity index (χ4v) is 4.13. The molecule has 1 aromatic carbocycles. The lowest BCUT2D eigenvalue weighted by atomic mass is 9.87. The van der Waals surface area contributed by atoms with Gasteiger partial charge in [-0.3, -0.25) is 4.79 Å². The minimum Gasteiger partial charge on any atom is -0.352 e. The summed E-state index contributed by atoms with van der Waals surface area (Å²) in [5.41, 5.74) is 0. The highest BCUT2D eigenvalue weighted by molar-refractivity contribution is 7.92. The highest BCUT2D eigenvalue weighted by Gasteiger charge is 2.31. The molecule has 1 saturated carbocycles. The van der Waals surface area contributed by atoms with Crippen LogP contribution in [-0.2, 0) is 14.6 Å². The first kappa shape index (κ1) is 16.9. The van der Waals surface area contributed by atoms with Crippen molar-refractivity contribution in [2.45, 2.75) is 55.7 Å². The molecule has 1 aliphatic carbocycles. The van der Waals surface area contributed by atoms with Gasteiger partial charge < -0.3 is 5.32 Å². The monoisotopic (exact) mass is 327 g/mol. The van der Waals surface area contributed by atoms with Crippen molar-refractivity contribution in [2.24, 2.45) is 5.92 Å². The van der Waals surface area contributed by atoms with Gasteiger partial charge >= 0.3 is 0 Å². The van der Waals surface area contributed by atoms with Crippen molar-refractivity contribution >= 4 is 15.7 Å². The van der Waals surface area contributed by atoms with Gasteiger partial charge in [-0.1, -0.05) is 19.8 Å². The van der Waals surface area contributed by atoms with E-state index in [-0.39, 0.29) is 10.9 Å². The minimum absolute atomic E-state index is 0.0337. The number of hydrogen-bond acceptors (Lipinski definition) is 3. The van der Waals surface area contributed by atoms with E-state index in [1.807, 2.05) is 0 Å². The Kier molecular flexibility index (Phi) is 5.21. The first-order valence-electron chi connectivity index (χ1n) is 7.60. The topological polar surface area (TPSA) is 63.2 Å². The molecule has 0 heterocycles. The van der Waals surface area contributed by atoms with Gasteiger partial charge in [-0.25, -0.2) is 12.8 Å². The molecule has 0 radical (unpaired) electrons. The summed E-state index contributed by atoms with van der Waals surface area (Å²) in [5, 5.41) is 1.66. The maximum Gasteiger partial charge on any atom is 0.238 e. The molecule has 0 unspecified atom stereocenters. The van der Waals surface area contributed by atoms with Crippen LogP contribution < -0.4 is 5.32 Å². The fourth-order valence-electron chi connectivity index (χ4n) is 2.85. The Hall–Kier alpha value is -1.43. The molecule has 3 atom stereocenters. The zero-order valence-corrected chi connectivity index (χ0v) is 13.7. The molecule has 2 rings (SSSR count). The third kappa shape index (κ3) is 3.85. The maximum atomic E-state index is 12.9. The van der Waals surface area contributed by atoms with Gasteiger partial charge in [0.1, 0.15) is 11.1 Å². The van der Waals surface area contributed by atoms with E-state index in [4.69, 9.17) is 0 Å². The first-order valence-corrected chi connectivity index (χ1v) is 9.15. The van der Waals surface area contributed by atoms with Crippen LogP contribution in [0, 0.1) is 11.7 Å². The second-order valence-corrected chi connectivity index (χ2v) is 8.39. The zero-order chi connectivity index (χ0) is 16.3. The molecular formula is C16H22FNO3S. The van der Waals surface area contributed by atoms with Crippen molar-refractivity contribution in [3.8, 4) is 0 Å². The van der Waals surface area contributed by atoms with Gasteiger partial charge in [-0.15, -0.1) is 0 Å². The van der Waals surface area contributed by atoms with Gasteiger partial charge in [0.15, 0.2) is 9.84 Å². The van der Waals surface area contributed by atoms with Crippen LogP contribution in [0.2, 0.25) is 0 Å². The molecule has 0 aliphatic heterocycles. The molecule has 1 amide bonds. The summed E-state index contributed by atoms with van der Waals surface area (Å²) >= 11 is 0. The average Bonchev–Trinajstić information content (AvgIpc) is 2.46. The molecule has 1 aromatic rings. The molecule has 4 nitrogen and oxygen atoms in total. The van der Waals surface area contributed by atoms with Crippen LogP contribution >= 0.6 is 0 Å². The molecule has 0 spiro atoms. The van der Waals surface area contributed by atoms with E-state index in [9.17, 15) is 17.6 Å². The lowest BCUT2D eigenvalue weighted by Crippen LogP contribution is -2.44. The number of rotatable bonds is 4. The smallest absolute Gasteiger partial charge is 0.238 e. The molecule has 122 valence electrons. The van der Waals surface area contributed by atoms with Crippen LogP contribution in [0.3, 0.4) is 0 Å². The summed E-state index contributed by atoms with van der Waals surface area (Å²) in [4.78, 5) is 12.2. The second kappa shape index (κ2) is 6.77. The quantitative estimate of drug-likeness (QED) is 0.865. The van der Waals surface area contributed by atoms with Crippen LogP contribution in [0.25, 0.3) is 0 Å². The van der Waals surface area contributed by atoms with E-state index in [1.165, 1.54) is 19.1 Å². The van der Waals surface area contributed by atoms with E-state index in [2.05, 4.69) is 12.2 Å². The summed E-state index contributed by atoms with van der Waals surface area (Å²) in [7, 11) is -3.80. The second-order valence-electron chi connectivity index (χ2n) is 6.12. The number of sulfone groups is 1. The summed E-state index contributed by atoms with van der Waals surface area (Å²) in [6.07, 6.45) is 3.97. The Bertz CT molecular complexity index is 627. The van der Waals surface area contributed by atoms with Crippen LogP contribution in [0.5, 0.6) is 0 Å². The number of carbonyl (C=O) groups excluding carboxylic acids is 1. The largest absolute Gasteiger partial charge is 0.352 e. The lowest BCUT2D eigenvalue weighted by molar-refractivity contribution is -0.121. The van der Waals surface area contributed by atoms with Gasteiger partial charge in [-0.05, 0) is 49.9 Å². The minimum atomic E-state index is -3.80. The zero-order valence-electron chi connectivity index (χ0n) is 12.9. The summed E-state index contributed by atoms with van der Waals surface area (Å²) in [5.74, 6) is -0.446. The first-order chi connectivity index (χ1) is 10.3. The third-order valence-corrected chi connectivity index (χ3v) is 6.33. The van der Waals surface area contributed by atoms with Crippen molar-refractivity contribution in [1.29, 1.82) is 0 Å². The molecule has 1 fully saturated rings. The molecule has 1 N–H and O–H groups in total. The standard InChI is InChI=1S/C16H22FNO3S/c1-11-4-3-5-14(10-11)18-16(19)12(2)22(20,21)15-8-6-13(17)7-9-15/h6-9,11-12,14H,3-5,10H2,1-2H3,(H,18,19)/t11-,12+,14+/m1/s1. The van der Waals surface area contributed by atoms with Crippen molar-refractivity contribution in [1.82, 2.24) is 5.32 Å². The molecule has 0 saturated heterocycles. The Balaban J connectivity index is 2.07. The predicted molar refractivity (Wildman–Crippen MR) is 82.6 cm³/mol. The fraction of sp³-hybridized carbons (Fsp3) is 0.562. The lowest BCUT2D eigenvalue weighted by Gasteiger charge is -2.28. The Morgan fingerprint density at radius 3 is 2.50 bits per heavy atom. The van der Waals surface area contributed by atoms with Gasteiger partial charge in [0, 0.05) is 6.04 Å². The Morgan fingerprint density at radius 2 is 1.91 bits per heavy atom. The maximum absolute atomic E-state index is 12.9. The van der Waals surface area contributed by atoms with Gasteiger partial charge in [0.25, 0.3) is 0 Å². The normalized spacial score (nSPS) is 23.8. The number of benzene rings is 1. The molecule has 1 aliphatic rings. The molecular weight excluding hydrogens is 305 g/mol. The van der Waals surface area contributed by atoms with Gasteiger partial charge in [0.05, 0.1) is 4.90 Å². The molecule has 6 heteroatoms. The number of hydrogen-bond donors (Lipinski definition) is 1. The summed E-state index contributed by atoms with van der Waals surface area (Å²) < 4.78 is 37.7. The number of carbonyl (C=O) groups is 1. The van der Waals surface area contributed by atoms with Crippen LogP contribution in [0.15, 0.2) is 29.2 Å². The summed E-state index contributed by atoms with van der Waals surface area (Å²) in [6.45, 7) is 3.51. The van der Waals surface area contributed by atoms with Crippen LogP contribution in [-0.4, -0.2) is 25.6 Å². The number of amides is 1. The summed E-state index contributed by atoms with van der Waals surface area (Å²) in [6, 6.07) is 4.59. The molecule has 0 bridgehead atoms. The van der Waals surface area contributed by atoms with Gasteiger partial charge in [-0.2, -0.15) is 0 Å². The van der Waals surface area contributed by atoms with Crippen molar-refractivity contribution < 1.29 is 17.6 Å². The van der Waals surface area contributed by atoms with Crippen molar-refractivity contribution in [2.75, 3.05) is 0 Å². The molecule has 0 aromatic heterocycles. The average molecular weight is 327 g/mol. The number of nitrogens with one attached hydrogen (secondary N) is 1. The predicted octanol–water partition coefficient (Wildman–Crippen LogP) is 2.68. The van der Waals surface area contributed by atoms with E-state index in [1.54, 1.807) is 0 Å². The Labute approximate surface area is 131 Å². The van der Waals surface area contributed by atoms with Crippen molar-refractivity contribution in [3.05, 3.63) is 30.1 Å². The van der Waals surface area contributed by atoms with Gasteiger partial charge in [0.2, 0.25) is 5.91 Å². The van der Waals surface area contributed by atoms with Crippen LogP contribution in [0.4, 0.5) is 4.39 Å². The van der Waals surface area contributed by atoms with Crippen LogP contribution in [0.1, 0.15) is 39.5 Å². The SMILES string of the molecule is C[C@@H]1CCC[C@H](NC(=O)[C@H](C)S(=O)(=O)c2ccc(F)cc2)C1. The van der Waals surface area contributed by atoms with E-state index >= 15 is 0 Å². The highest BCUT2D eigenvalue weighted by Crippen LogP contribution is 2.24.